The van der Waals surface area contributed by atoms with Crippen molar-refractivity contribution in [3.05, 3.63) is 0 Å². The molecule has 0 aliphatic heterocycles. The van der Waals surface area contributed by atoms with E-state index in [1.54, 1.807) is 0 Å². The Kier molecular flexibility index (Phi) is 24.6. The molecule has 8 nitrogen and oxygen atoms in total. The molecule has 0 spiro atoms. The van der Waals surface area contributed by atoms with Crippen molar-refractivity contribution in [2.75, 3.05) is 13.2 Å². The number of hydrogen-bond acceptors (Lipinski definition) is 8. The summed E-state index contributed by atoms with van der Waals surface area (Å²) in [6.07, 6.45) is 8.55. The SMILES string of the molecule is CCCCCCCCCCCCOC(=O)C(C(OCC)C(=O)[O-])S(=O)(=O)[O-].[Na+].[Na+]. The van der Waals surface area contributed by atoms with E-state index < -0.39 is 33.4 Å². The molecule has 0 heterocycles. The Balaban J connectivity index is -0.00000338. The van der Waals surface area contributed by atoms with Crippen LogP contribution in [0.2, 0.25) is 0 Å². The van der Waals surface area contributed by atoms with Gasteiger partial charge < -0.3 is 23.9 Å². The molecule has 29 heavy (non-hydrogen) atoms. The van der Waals surface area contributed by atoms with Gasteiger partial charge in [-0.3, -0.25) is 4.79 Å². The number of carboxylic acid groups (broad SMARTS) is 1. The van der Waals surface area contributed by atoms with Crippen molar-refractivity contribution in [2.24, 2.45) is 0 Å². The second-order valence-corrected chi connectivity index (χ2v) is 7.95. The first-order valence-corrected chi connectivity index (χ1v) is 11.2. The Hall–Kier alpha value is 0.810. The molecule has 0 aliphatic rings. The number of carbonyl (C=O) groups is 2. The van der Waals surface area contributed by atoms with Gasteiger partial charge in [0.2, 0.25) is 0 Å². The molecular formula is C18H32Na2O8S. The van der Waals surface area contributed by atoms with E-state index in [4.69, 9.17) is 4.74 Å². The smallest absolute Gasteiger partial charge is 0.747 e. The summed E-state index contributed by atoms with van der Waals surface area (Å²) in [4.78, 5) is 22.9. The third-order valence-electron chi connectivity index (χ3n) is 4.14. The van der Waals surface area contributed by atoms with Crippen LogP contribution in [0.4, 0.5) is 0 Å². The Morgan fingerprint density at radius 3 is 1.69 bits per heavy atom. The molecule has 160 valence electrons. The molecule has 0 aromatic carbocycles. The summed E-state index contributed by atoms with van der Waals surface area (Å²) >= 11 is 0. The molecule has 0 aromatic heterocycles. The van der Waals surface area contributed by atoms with Gasteiger partial charge >= 0.3 is 65.1 Å². The second kappa shape index (κ2) is 20.7. The van der Waals surface area contributed by atoms with Crippen LogP contribution in [0, 0.1) is 0 Å². The van der Waals surface area contributed by atoms with Crippen molar-refractivity contribution in [3.8, 4) is 0 Å². The van der Waals surface area contributed by atoms with Crippen LogP contribution in [0.1, 0.15) is 78.1 Å². The van der Waals surface area contributed by atoms with Crippen LogP contribution in [-0.2, 0) is 29.2 Å². The number of carbonyl (C=O) groups excluding carboxylic acids is 2. The van der Waals surface area contributed by atoms with Crippen molar-refractivity contribution >= 4 is 22.1 Å². The van der Waals surface area contributed by atoms with Crippen LogP contribution in [0.15, 0.2) is 0 Å². The predicted octanol–water partition coefficient (Wildman–Crippen LogP) is -4.47. The summed E-state index contributed by atoms with van der Waals surface area (Å²) in [5.74, 6) is -3.36. The largest absolute Gasteiger partial charge is 1.00 e. The Morgan fingerprint density at radius 2 is 1.31 bits per heavy atom. The van der Waals surface area contributed by atoms with Crippen molar-refractivity contribution in [2.45, 2.75) is 89.4 Å². The monoisotopic (exact) mass is 454 g/mol. The normalized spacial score (nSPS) is 12.9. The Morgan fingerprint density at radius 1 is 0.862 bits per heavy atom. The van der Waals surface area contributed by atoms with E-state index in [1.165, 1.54) is 39.0 Å². The fourth-order valence-corrected chi connectivity index (χ4v) is 3.49. The molecule has 11 heteroatoms. The van der Waals surface area contributed by atoms with Gasteiger partial charge in [0.25, 0.3) is 0 Å². The van der Waals surface area contributed by atoms with Crippen molar-refractivity contribution in [1.29, 1.82) is 0 Å². The number of ether oxygens (including phenoxy) is 2. The van der Waals surface area contributed by atoms with Crippen molar-refractivity contribution in [3.63, 3.8) is 0 Å². The number of carboxylic acids is 1. The van der Waals surface area contributed by atoms with E-state index in [0.717, 1.165) is 25.7 Å². The summed E-state index contributed by atoms with van der Waals surface area (Å²) < 4.78 is 43.3. The summed E-state index contributed by atoms with van der Waals surface area (Å²) in [5.41, 5.74) is 0. The van der Waals surface area contributed by atoms with E-state index in [1.807, 2.05) is 0 Å². The molecule has 0 N–H and O–H groups in total. The number of aliphatic carboxylic acids is 1. The van der Waals surface area contributed by atoms with E-state index in [-0.39, 0.29) is 72.3 Å². The van der Waals surface area contributed by atoms with Gasteiger partial charge in [-0.05, 0) is 13.3 Å². The van der Waals surface area contributed by atoms with Crippen LogP contribution in [-0.4, -0.2) is 49.5 Å². The summed E-state index contributed by atoms with van der Waals surface area (Å²) in [6, 6.07) is 0. The van der Waals surface area contributed by atoms with E-state index in [0.29, 0.717) is 6.42 Å². The van der Waals surface area contributed by atoms with Gasteiger partial charge in [-0.1, -0.05) is 64.7 Å². The number of esters is 1. The Labute approximate surface area is 219 Å². The summed E-state index contributed by atoms with van der Waals surface area (Å²) in [7, 11) is -5.27. The van der Waals surface area contributed by atoms with Crippen molar-refractivity contribution in [1.82, 2.24) is 0 Å². The molecule has 0 rings (SSSR count). The van der Waals surface area contributed by atoms with E-state index in [9.17, 15) is 27.7 Å². The van der Waals surface area contributed by atoms with Crippen LogP contribution < -0.4 is 64.2 Å². The third-order valence-corrected chi connectivity index (χ3v) is 5.20. The third kappa shape index (κ3) is 17.1. The minimum absolute atomic E-state index is 0. The van der Waals surface area contributed by atoms with Gasteiger partial charge in [0.1, 0.15) is 16.2 Å². The predicted molar refractivity (Wildman–Crippen MR) is 96.7 cm³/mol. The molecule has 0 saturated heterocycles. The fourth-order valence-electron chi connectivity index (χ4n) is 2.70. The van der Waals surface area contributed by atoms with E-state index in [2.05, 4.69) is 11.7 Å². The average molecular weight is 454 g/mol. The zero-order chi connectivity index (χ0) is 20.7. The maximum atomic E-state index is 11.9. The average Bonchev–Trinajstić information content (AvgIpc) is 2.58. The first-order valence-electron chi connectivity index (χ1n) is 9.69. The van der Waals surface area contributed by atoms with Gasteiger partial charge in [-0.25, -0.2) is 8.42 Å². The molecule has 2 unspecified atom stereocenters. The van der Waals surface area contributed by atoms with Crippen LogP contribution >= 0.6 is 0 Å². The van der Waals surface area contributed by atoms with E-state index >= 15 is 0 Å². The molecule has 0 amide bonds. The molecule has 0 aromatic rings. The minimum Gasteiger partial charge on any atom is -0.747 e. The molecule has 0 bridgehead atoms. The zero-order valence-corrected chi connectivity index (χ0v) is 23.1. The molecular weight excluding hydrogens is 422 g/mol. The first-order chi connectivity index (χ1) is 12.8. The molecule has 2 atom stereocenters. The van der Waals surface area contributed by atoms with Gasteiger partial charge in [0, 0.05) is 6.61 Å². The number of rotatable bonds is 17. The fraction of sp³-hybridized carbons (Fsp3) is 0.889. The maximum absolute atomic E-state index is 11.9. The standard InChI is InChI=1S/C18H34O8S.2Na/c1-3-5-6-7-8-9-10-11-12-13-14-26-18(21)16(27(22,23)24)15(17(19)20)25-4-2;;/h15-16H,3-14H2,1-2H3,(H,19,20)(H,22,23,24);;/q;2*+1/p-2. The van der Waals surface area contributed by atoms with Crippen LogP contribution in [0.5, 0.6) is 0 Å². The summed E-state index contributed by atoms with van der Waals surface area (Å²) in [6.45, 7) is 3.31. The molecule has 0 saturated carbocycles. The molecule has 0 aliphatic carbocycles. The first kappa shape index (κ1) is 34.4. The quantitative estimate of drug-likeness (QED) is 0.0930. The van der Waals surface area contributed by atoms with Gasteiger partial charge in [-0.2, -0.15) is 0 Å². The van der Waals surface area contributed by atoms with Crippen LogP contribution in [0.3, 0.4) is 0 Å². The van der Waals surface area contributed by atoms with Crippen molar-refractivity contribution < 1.29 is 96.3 Å². The van der Waals surface area contributed by atoms with Gasteiger partial charge in [0.15, 0.2) is 5.25 Å². The topological polar surface area (TPSA) is 133 Å². The number of hydrogen-bond donors (Lipinski definition) is 0. The number of unbranched alkanes of at least 4 members (excludes halogenated alkanes) is 9. The molecule has 0 fully saturated rings. The van der Waals surface area contributed by atoms with Crippen LogP contribution in [0.25, 0.3) is 0 Å². The molecule has 0 radical (unpaired) electrons. The summed E-state index contributed by atoms with van der Waals surface area (Å²) in [5, 5.41) is 8.53. The minimum atomic E-state index is -5.27. The zero-order valence-electron chi connectivity index (χ0n) is 18.3. The van der Waals surface area contributed by atoms with Gasteiger partial charge in [-0.15, -0.1) is 0 Å². The Bertz CT molecular complexity index is 528. The maximum Gasteiger partial charge on any atom is 1.00 e. The second-order valence-electron chi connectivity index (χ2n) is 6.46. The van der Waals surface area contributed by atoms with Gasteiger partial charge in [0.05, 0.1) is 12.6 Å².